The molecule has 0 radical (unpaired) electrons. The molecule has 1 aliphatic rings. The summed E-state index contributed by atoms with van der Waals surface area (Å²) < 4.78 is 11.1. The zero-order valence-corrected chi connectivity index (χ0v) is 17.6. The Balaban J connectivity index is 1.44. The molecular weight excluding hydrogens is 398 g/mol. The van der Waals surface area contributed by atoms with Gasteiger partial charge in [0.15, 0.2) is 6.61 Å². The smallest absolute Gasteiger partial charge is 0.375 e. The predicted octanol–water partition coefficient (Wildman–Crippen LogP) is 5.79. The second kappa shape index (κ2) is 9.85. The van der Waals surface area contributed by atoms with Gasteiger partial charge in [0.05, 0.1) is 0 Å². The maximum atomic E-state index is 12.7. The van der Waals surface area contributed by atoms with Gasteiger partial charge in [-0.1, -0.05) is 55.7 Å². The minimum Gasteiger partial charge on any atom is -0.450 e. The van der Waals surface area contributed by atoms with Crippen molar-refractivity contribution in [1.82, 2.24) is 0 Å². The Labute approximate surface area is 180 Å². The number of hydrogen-bond acceptors (Lipinski definition) is 5. The molecule has 6 heteroatoms. The van der Waals surface area contributed by atoms with Gasteiger partial charge in [-0.25, -0.2) is 4.79 Å². The Kier molecular flexibility index (Phi) is 6.74. The number of ether oxygens (including phenoxy) is 1. The molecule has 0 bridgehead atoms. The van der Waals surface area contributed by atoms with Gasteiger partial charge in [0.1, 0.15) is 5.58 Å². The molecule has 30 heavy (non-hydrogen) atoms. The number of fused-ring (bicyclic) bond motifs is 1. The predicted molar refractivity (Wildman–Crippen MR) is 120 cm³/mol. The lowest BCUT2D eigenvalue weighted by Gasteiger charge is -2.20. The Morgan fingerprint density at radius 1 is 1.00 bits per heavy atom. The molecule has 3 aromatic rings. The normalized spacial score (nSPS) is 14.5. The van der Waals surface area contributed by atoms with E-state index in [2.05, 4.69) is 5.32 Å². The van der Waals surface area contributed by atoms with Crippen molar-refractivity contribution in [3.63, 3.8) is 0 Å². The van der Waals surface area contributed by atoms with E-state index in [4.69, 9.17) is 9.15 Å². The Bertz CT molecular complexity index is 1010. The van der Waals surface area contributed by atoms with Gasteiger partial charge in [-0.2, -0.15) is 11.8 Å². The van der Waals surface area contributed by atoms with Crippen LogP contribution in [0.15, 0.2) is 59.0 Å². The van der Waals surface area contributed by atoms with Gasteiger partial charge in [-0.15, -0.1) is 0 Å². The van der Waals surface area contributed by atoms with Crippen molar-refractivity contribution in [2.45, 2.75) is 43.1 Å². The van der Waals surface area contributed by atoms with Gasteiger partial charge in [0.2, 0.25) is 5.76 Å². The minimum absolute atomic E-state index is 0.201. The van der Waals surface area contributed by atoms with Crippen LogP contribution in [-0.2, 0) is 15.3 Å². The second-order valence-electron chi connectivity index (χ2n) is 7.47. The highest BCUT2D eigenvalue weighted by Gasteiger charge is 2.24. The molecule has 1 aromatic heterocycles. The number of para-hydroxylation sites is 2. The van der Waals surface area contributed by atoms with E-state index in [1.165, 1.54) is 32.1 Å². The topological polar surface area (TPSA) is 68.5 Å². The number of hydrogen-bond donors (Lipinski definition) is 1. The van der Waals surface area contributed by atoms with Gasteiger partial charge in [0.25, 0.3) is 5.91 Å². The molecule has 1 fully saturated rings. The lowest BCUT2D eigenvalue weighted by molar-refractivity contribution is -0.119. The van der Waals surface area contributed by atoms with Crippen molar-refractivity contribution in [3.8, 4) is 0 Å². The third-order valence-corrected chi connectivity index (χ3v) is 6.69. The molecule has 1 amide bonds. The van der Waals surface area contributed by atoms with Crippen LogP contribution in [0, 0.1) is 0 Å². The number of nitrogens with one attached hydrogen (secondary N) is 1. The second-order valence-corrected chi connectivity index (χ2v) is 8.76. The molecule has 5 nitrogen and oxygen atoms in total. The molecule has 0 aliphatic heterocycles. The summed E-state index contributed by atoms with van der Waals surface area (Å²) in [6.07, 6.45) is 6.30. The molecule has 1 heterocycles. The van der Waals surface area contributed by atoms with Gasteiger partial charge < -0.3 is 14.5 Å². The van der Waals surface area contributed by atoms with E-state index in [1.54, 1.807) is 12.1 Å². The fraction of sp³-hybridized carbons (Fsp3) is 0.333. The van der Waals surface area contributed by atoms with Crippen LogP contribution in [0.2, 0.25) is 0 Å². The SMILES string of the molecule is O=C(COC(=O)c1oc2ccccc2c1CSC1CCCCC1)Nc1ccccc1. The van der Waals surface area contributed by atoms with Crippen LogP contribution >= 0.6 is 11.8 Å². The number of thioether (sulfide) groups is 1. The highest BCUT2D eigenvalue weighted by atomic mass is 32.2. The van der Waals surface area contributed by atoms with Crippen LogP contribution in [0.25, 0.3) is 11.0 Å². The average molecular weight is 424 g/mol. The lowest BCUT2D eigenvalue weighted by Crippen LogP contribution is -2.21. The minimum atomic E-state index is -0.603. The van der Waals surface area contributed by atoms with Crippen molar-refractivity contribution < 1.29 is 18.7 Å². The van der Waals surface area contributed by atoms with E-state index >= 15 is 0 Å². The summed E-state index contributed by atoms with van der Waals surface area (Å²) in [5.74, 6) is -0.0908. The monoisotopic (exact) mass is 423 g/mol. The summed E-state index contributed by atoms with van der Waals surface area (Å²) in [6.45, 7) is -0.361. The summed E-state index contributed by atoms with van der Waals surface area (Å²) in [4.78, 5) is 24.9. The molecule has 1 saturated carbocycles. The number of carbonyl (C=O) groups excluding carboxylic acids is 2. The van der Waals surface area contributed by atoms with Gasteiger partial charge >= 0.3 is 5.97 Å². The van der Waals surface area contributed by atoms with E-state index < -0.39 is 5.97 Å². The fourth-order valence-electron chi connectivity index (χ4n) is 3.76. The third-order valence-electron chi connectivity index (χ3n) is 5.29. The number of esters is 1. The summed E-state index contributed by atoms with van der Waals surface area (Å²) in [7, 11) is 0. The zero-order chi connectivity index (χ0) is 20.8. The molecule has 0 saturated heterocycles. The quantitative estimate of drug-likeness (QED) is 0.487. The van der Waals surface area contributed by atoms with Gasteiger partial charge in [-0.3, -0.25) is 4.79 Å². The molecule has 0 spiro atoms. The number of furan rings is 1. The third kappa shape index (κ3) is 5.05. The molecule has 1 N–H and O–H groups in total. The number of amides is 1. The van der Waals surface area contributed by atoms with Gasteiger partial charge in [0, 0.05) is 27.6 Å². The summed E-state index contributed by atoms with van der Waals surface area (Å²) in [6, 6.07) is 16.7. The first-order valence-electron chi connectivity index (χ1n) is 10.3. The molecule has 2 aromatic carbocycles. The Morgan fingerprint density at radius 3 is 2.53 bits per heavy atom. The largest absolute Gasteiger partial charge is 0.450 e. The van der Waals surface area contributed by atoms with Crippen LogP contribution in [0.5, 0.6) is 0 Å². The fourth-order valence-corrected chi connectivity index (χ4v) is 5.11. The maximum absolute atomic E-state index is 12.7. The maximum Gasteiger partial charge on any atom is 0.375 e. The van der Waals surface area contributed by atoms with E-state index in [-0.39, 0.29) is 18.3 Å². The van der Waals surface area contributed by atoms with E-state index in [0.29, 0.717) is 22.3 Å². The molecule has 0 unspecified atom stereocenters. The first-order valence-corrected chi connectivity index (χ1v) is 11.4. The summed E-state index contributed by atoms with van der Waals surface area (Å²) in [5, 5.41) is 4.26. The molecule has 156 valence electrons. The van der Waals surface area contributed by atoms with Gasteiger partial charge in [-0.05, 0) is 31.0 Å². The van der Waals surface area contributed by atoms with Crippen molar-refractivity contribution in [2.75, 3.05) is 11.9 Å². The summed E-state index contributed by atoms with van der Waals surface area (Å²) >= 11 is 1.88. The van der Waals surface area contributed by atoms with Crippen molar-refractivity contribution in [1.29, 1.82) is 0 Å². The van der Waals surface area contributed by atoms with Crippen molar-refractivity contribution in [2.24, 2.45) is 0 Å². The highest BCUT2D eigenvalue weighted by Crippen LogP contribution is 2.35. The Hall–Kier alpha value is -2.73. The van der Waals surface area contributed by atoms with Crippen LogP contribution in [0.1, 0.15) is 48.2 Å². The molecule has 0 atom stereocenters. The van der Waals surface area contributed by atoms with Crippen molar-refractivity contribution >= 4 is 40.3 Å². The van der Waals surface area contributed by atoms with Crippen LogP contribution < -0.4 is 5.32 Å². The highest BCUT2D eigenvalue weighted by molar-refractivity contribution is 7.99. The first-order chi connectivity index (χ1) is 14.7. The summed E-state index contributed by atoms with van der Waals surface area (Å²) in [5.41, 5.74) is 2.18. The zero-order valence-electron chi connectivity index (χ0n) is 16.8. The number of carbonyl (C=O) groups is 2. The van der Waals surface area contributed by atoms with E-state index in [9.17, 15) is 9.59 Å². The molecular formula is C24H25NO4S. The lowest BCUT2D eigenvalue weighted by atomic mass is 10.0. The van der Waals surface area contributed by atoms with E-state index in [0.717, 1.165) is 10.9 Å². The number of benzene rings is 2. The molecule has 4 rings (SSSR count). The Morgan fingerprint density at radius 2 is 1.73 bits per heavy atom. The molecule has 1 aliphatic carbocycles. The van der Waals surface area contributed by atoms with Crippen LogP contribution in [0.3, 0.4) is 0 Å². The average Bonchev–Trinajstić information content (AvgIpc) is 3.16. The standard InChI is InChI=1S/C24H25NO4S/c26-22(25-17-9-3-1-4-10-17)15-28-24(27)23-20(16-30-18-11-5-2-6-12-18)19-13-7-8-14-21(19)29-23/h1,3-4,7-10,13-14,18H,2,5-6,11-12,15-16H2,(H,25,26). The first kappa shape index (κ1) is 20.5. The van der Waals surface area contributed by atoms with Crippen LogP contribution in [-0.4, -0.2) is 23.7 Å². The van der Waals surface area contributed by atoms with Crippen LogP contribution in [0.4, 0.5) is 5.69 Å². The number of anilines is 1. The number of rotatable bonds is 7. The van der Waals surface area contributed by atoms with E-state index in [1.807, 2.05) is 54.2 Å². The van der Waals surface area contributed by atoms with Crippen molar-refractivity contribution in [3.05, 3.63) is 65.9 Å².